The van der Waals surface area contributed by atoms with Crippen LogP contribution < -0.4 is 14.2 Å². The molecule has 138 valence electrons. The Bertz CT molecular complexity index is 756. The van der Waals surface area contributed by atoms with E-state index in [0.29, 0.717) is 35.4 Å². The van der Waals surface area contributed by atoms with Crippen molar-refractivity contribution in [2.24, 2.45) is 0 Å². The number of likely N-dealkylation sites (tertiary alicyclic amines) is 1. The maximum atomic E-state index is 12.5. The predicted molar refractivity (Wildman–Crippen MR) is 98.0 cm³/mol. The smallest absolute Gasteiger partial charge is 0.260 e. The van der Waals surface area contributed by atoms with Gasteiger partial charge in [-0.2, -0.15) is 0 Å². The molecule has 6 nitrogen and oxygen atoms in total. The lowest BCUT2D eigenvalue weighted by Gasteiger charge is -2.33. The summed E-state index contributed by atoms with van der Waals surface area (Å²) in [5.41, 5.74) is 0. The van der Waals surface area contributed by atoms with Gasteiger partial charge in [0.2, 0.25) is 0 Å². The van der Waals surface area contributed by atoms with Crippen LogP contribution in [0, 0.1) is 0 Å². The van der Waals surface area contributed by atoms with Gasteiger partial charge in [0.05, 0.1) is 13.7 Å². The fourth-order valence-corrected chi connectivity index (χ4v) is 3.03. The molecule has 1 aliphatic rings. The normalized spacial score (nSPS) is 16.8. The molecule has 0 spiro atoms. The zero-order valence-corrected chi connectivity index (χ0v) is 15.3. The van der Waals surface area contributed by atoms with Gasteiger partial charge in [0.25, 0.3) is 5.91 Å². The van der Waals surface area contributed by atoms with Crippen LogP contribution in [-0.2, 0) is 4.79 Å². The Labute approximate surface area is 157 Å². The van der Waals surface area contributed by atoms with Crippen molar-refractivity contribution < 1.29 is 19.0 Å². The number of aromatic nitrogens is 1. The molecule has 1 aliphatic heterocycles. The van der Waals surface area contributed by atoms with Crippen molar-refractivity contribution in [3.8, 4) is 17.2 Å². The van der Waals surface area contributed by atoms with Crippen molar-refractivity contribution in [3.05, 3.63) is 47.7 Å². The van der Waals surface area contributed by atoms with E-state index in [-0.39, 0.29) is 18.6 Å². The number of rotatable bonds is 6. The fourth-order valence-electron chi connectivity index (χ4n) is 2.87. The first-order chi connectivity index (χ1) is 12.7. The Hall–Kier alpha value is -2.47. The van der Waals surface area contributed by atoms with Gasteiger partial charge in [-0.15, -0.1) is 0 Å². The van der Waals surface area contributed by atoms with Crippen molar-refractivity contribution in [2.45, 2.75) is 18.9 Å². The van der Waals surface area contributed by atoms with Crippen LogP contribution in [0.5, 0.6) is 17.2 Å². The Kier molecular flexibility index (Phi) is 6.17. The summed E-state index contributed by atoms with van der Waals surface area (Å²) >= 11 is 6.09. The number of carbonyl (C=O) groups is 1. The van der Waals surface area contributed by atoms with E-state index in [1.54, 1.807) is 42.6 Å². The van der Waals surface area contributed by atoms with Gasteiger partial charge in [-0.05, 0) is 25.0 Å². The van der Waals surface area contributed by atoms with Crippen molar-refractivity contribution >= 4 is 17.5 Å². The quantitative estimate of drug-likeness (QED) is 0.774. The first-order valence-electron chi connectivity index (χ1n) is 8.47. The van der Waals surface area contributed by atoms with E-state index in [9.17, 15) is 4.79 Å². The van der Waals surface area contributed by atoms with E-state index in [1.807, 2.05) is 12.1 Å². The second kappa shape index (κ2) is 8.76. The number of hydrogen-bond donors (Lipinski definition) is 0. The third-order valence-corrected chi connectivity index (χ3v) is 4.46. The van der Waals surface area contributed by atoms with Crippen molar-refractivity contribution in [2.75, 3.05) is 26.8 Å². The third kappa shape index (κ3) is 4.58. The fraction of sp³-hybridized carbons (Fsp3) is 0.368. The number of pyridine rings is 1. The molecule has 1 aromatic heterocycles. The number of para-hydroxylation sites is 2. The van der Waals surface area contributed by atoms with Crippen LogP contribution in [0.2, 0.25) is 5.02 Å². The Morgan fingerprint density at radius 2 is 2.08 bits per heavy atom. The summed E-state index contributed by atoms with van der Waals surface area (Å²) in [4.78, 5) is 18.2. The minimum atomic E-state index is -0.0983. The van der Waals surface area contributed by atoms with E-state index in [0.717, 1.165) is 12.8 Å². The molecule has 2 heterocycles. The lowest BCUT2D eigenvalue weighted by molar-refractivity contribution is -0.136. The molecule has 1 unspecified atom stereocenters. The van der Waals surface area contributed by atoms with E-state index < -0.39 is 0 Å². The molecule has 0 radical (unpaired) electrons. The van der Waals surface area contributed by atoms with E-state index in [4.69, 9.17) is 25.8 Å². The number of halogens is 1. The molecule has 1 saturated heterocycles. The molecule has 1 amide bonds. The molecular weight excluding hydrogens is 356 g/mol. The second-order valence-electron chi connectivity index (χ2n) is 5.97. The molecule has 3 rings (SSSR count). The molecule has 0 aliphatic carbocycles. The second-order valence-corrected chi connectivity index (χ2v) is 6.37. The number of ether oxygens (including phenoxy) is 3. The first kappa shape index (κ1) is 18.3. The summed E-state index contributed by atoms with van der Waals surface area (Å²) in [7, 11) is 1.57. The standard InChI is InChI=1S/C19H21ClN2O4/c1-24-17-6-2-3-7-18(17)25-13-19(23)22-10-4-5-14(12-22)26-16-8-9-21-11-15(16)20/h2-3,6-9,11,14H,4-5,10,12-13H2,1H3. The van der Waals surface area contributed by atoms with Gasteiger partial charge < -0.3 is 19.1 Å². The number of carbonyl (C=O) groups excluding carboxylic acids is 1. The van der Waals surface area contributed by atoms with Crippen LogP contribution in [0.4, 0.5) is 0 Å². The maximum absolute atomic E-state index is 12.5. The third-order valence-electron chi connectivity index (χ3n) is 4.18. The number of hydrogen-bond acceptors (Lipinski definition) is 5. The average Bonchev–Trinajstić information content (AvgIpc) is 2.68. The van der Waals surface area contributed by atoms with Gasteiger partial charge in [-0.3, -0.25) is 9.78 Å². The summed E-state index contributed by atoms with van der Waals surface area (Å²) in [5, 5.41) is 0.468. The molecule has 1 aromatic carbocycles. The predicted octanol–water partition coefficient (Wildman–Crippen LogP) is 3.19. The number of amides is 1. The van der Waals surface area contributed by atoms with Crippen LogP contribution >= 0.6 is 11.6 Å². The Morgan fingerprint density at radius 3 is 2.85 bits per heavy atom. The molecule has 0 N–H and O–H groups in total. The largest absolute Gasteiger partial charge is 0.493 e. The van der Waals surface area contributed by atoms with Crippen LogP contribution in [0.3, 0.4) is 0 Å². The zero-order valence-electron chi connectivity index (χ0n) is 14.6. The van der Waals surface area contributed by atoms with Gasteiger partial charge in [0.1, 0.15) is 16.9 Å². The Balaban J connectivity index is 1.55. The number of methoxy groups -OCH3 is 1. The highest BCUT2D eigenvalue weighted by atomic mass is 35.5. The first-order valence-corrected chi connectivity index (χ1v) is 8.85. The zero-order chi connectivity index (χ0) is 18.4. The lowest BCUT2D eigenvalue weighted by atomic mass is 10.1. The SMILES string of the molecule is COc1ccccc1OCC(=O)N1CCCC(Oc2ccncc2Cl)C1. The minimum absolute atomic E-state index is 0.0386. The van der Waals surface area contributed by atoms with Crippen molar-refractivity contribution in [1.29, 1.82) is 0 Å². The Morgan fingerprint density at radius 1 is 1.27 bits per heavy atom. The highest BCUT2D eigenvalue weighted by Gasteiger charge is 2.25. The van der Waals surface area contributed by atoms with Crippen LogP contribution in [0.25, 0.3) is 0 Å². The molecule has 2 aromatic rings. The van der Waals surface area contributed by atoms with Crippen molar-refractivity contribution in [1.82, 2.24) is 9.88 Å². The van der Waals surface area contributed by atoms with Gasteiger partial charge in [0, 0.05) is 25.0 Å². The molecule has 0 saturated carbocycles. The monoisotopic (exact) mass is 376 g/mol. The van der Waals surface area contributed by atoms with E-state index in [2.05, 4.69) is 4.98 Å². The summed E-state index contributed by atoms with van der Waals surface area (Å²) < 4.78 is 16.8. The maximum Gasteiger partial charge on any atom is 0.260 e. The summed E-state index contributed by atoms with van der Waals surface area (Å²) in [6.07, 6.45) is 4.82. The van der Waals surface area contributed by atoms with Gasteiger partial charge in [0.15, 0.2) is 18.1 Å². The van der Waals surface area contributed by atoms with Crippen LogP contribution in [0.15, 0.2) is 42.7 Å². The van der Waals surface area contributed by atoms with Crippen molar-refractivity contribution in [3.63, 3.8) is 0 Å². The highest BCUT2D eigenvalue weighted by molar-refractivity contribution is 6.31. The van der Waals surface area contributed by atoms with Gasteiger partial charge in [-0.25, -0.2) is 0 Å². The molecule has 0 bridgehead atoms. The van der Waals surface area contributed by atoms with E-state index in [1.165, 1.54) is 0 Å². The molecular formula is C19H21ClN2O4. The van der Waals surface area contributed by atoms with Crippen LogP contribution in [0.1, 0.15) is 12.8 Å². The molecule has 7 heteroatoms. The topological polar surface area (TPSA) is 60.9 Å². The minimum Gasteiger partial charge on any atom is -0.493 e. The number of benzene rings is 1. The average molecular weight is 377 g/mol. The molecule has 1 atom stereocenters. The summed E-state index contributed by atoms with van der Waals surface area (Å²) in [6, 6.07) is 8.99. The van der Waals surface area contributed by atoms with E-state index >= 15 is 0 Å². The number of piperidine rings is 1. The van der Waals surface area contributed by atoms with Crippen LogP contribution in [-0.4, -0.2) is 48.7 Å². The molecule has 1 fully saturated rings. The van der Waals surface area contributed by atoms with Gasteiger partial charge in [-0.1, -0.05) is 23.7 Å². The summed E-state index contributed by atoms with van der Waals surface area (Å²) in [5.74, 6) is 1.67. The molecule has 26 heavy (non-hydrogen) atoms. The lowest BCUT2D eigenvalue weighted by Crippen LogP contribution is -2.46. The highest BCUT2D eigenvalue weighted by Crippen LogP contribution is 2.27. The summed E-state index contributed by atoms with van der Waals surface area (Å²) in [6.45, 7) is 1.16. The number of nitrogens with zero attached hydrogens (tertiary/aromatic N) is 2. The van der Waals surface area contributed by atoms with Gasteiger partial charge >= 0.3 is 0 Å².